The van der Waals surface area contributed by atoms with Gasteiger partial charge in [-0.05, 0) is 47.9 Å². The second-order valence-electron chi connectivity index (χ2n) is 6.91. The van der Waals surface area contributed by atoms with Gasteiger partial charge in [-0.25, -0.2) is 8.42 Å². The molecule has 2 aromatic rings. The Bertz CT molecular complexity index is 806. The van der Waals surface area contributed by atoms with Gasteiger partial charge in [0, 0.05) is 18.2 Å². The zero-order chi connectivity index (χ0) is 17.2. The minimum atomic E-state index is -2.94. The van der Waals surface area contributed by atoms with Crippen LogP contribution >= 0.6 is 12.4 Å². The molecule has 0 saturated carbocycles. The van der Waals surface area contributed by atoms with Crippen LogP contribution in [0.3, 0.4) is 0 Å². The highest BCUT2D eigenvalue weighted by molar-refractivity contribution is 7.90. The molecule has 5 heteroatoms. The summed E-state index contributed by atoms with van der Waals surface area (Å²) in [5, 5.41) is 0. The number of rotatable bonds is 5. The van der Waals surface area contributed by atoms with Gasteiger partial charge in [0.25, 0.3) is 0 Å². The smallest absolute Gasteiger partial charge is 0.147 e. The number of hydrogen-bond acceptors (Lipinski definition) is 3. The standard InChI is InChI=1S/C20H25NO2S.ClH/c1-24(22,23)12-11-16-7-8-17-9-10-20(21)19(18(17)13-16)14-15-5-3-2-4-6-15;/h2-8,13,19-20H,9-12,14,21H2,1H3;1H. The first-order valence-corrected chi connectivity index (χ1v) is 10.6. The maximum atomic E-state index is 11.4. The molecule has 0 aromatic heterocycles. The van der Waals surface area contributed by atoms with E-state index in [2.05, 4.69) is 42.5 Å². The van der Waals surface area contributed by atoms with Crippen LogP contribution in [-0.4, -0.2) is 26.5 Å². The van der Waals surface area contributed by atoms with Gasteiger partial charge in [0.2, 0.25) is 0 Å². The van der Waals surface area contributed by atoms with Gasteiger partial charge < -0.3 is 5.73 Å². The van der Waals surface area contributed by atoms with Crippen LogP contribution in [0.25, 0.3) is 0 Å². The van der Waals surface area contributed by atoms with Crippen LogP contribution < -0.4 is 5.73 Å². The Morgan fingerprint density at radius 2 is 1.80 bits per heavy atom. The summed E-state index contributed by atoms with van der Waals surface area (Å²) < 4.78 is 22.9. The third-order valence-electron chi connectivity index (χ3n) is 4.93. The Hall–Kier alpha value is -1.36. The first kappa shape index (κ1) is 20.0. The number of hydrogen-bond donors (Lipinski definition) is 1. The van der Waals surface area contributed by atoms with Crippen molar-refractivity contribution in [1.82, 2.24) is 0 Å². The van der Waals surface area contributed by atoms with Crippen molar-refractivity contribution in [2.45, 2.75) is 37.6 Å². The zero-order valence-corrected chi connectivity index (χ0v) is 16.2. The maximum Gasteiger partial charge on any atom is 0.147 e. The molecule has 2 aromatic carbocycles. The van der Waals surface area contributed by atoms with Gasteiger partial charge in [-0.3, -0.25) is 0 Å². The Labute approximate surface area is 157 Å². The van der Waals surface area contributed by atoms with Gasteiger partial charge >= 0.3 is 0 Å². The van der Waals surface area contributed by atoms with E-state index in [1.165, 1.54) is 22.9 Å². The fourth-order valence-corrected chi connectivity index (χ4v) is 4.17. The van der Waals surface area contributed by atoms with Crippen molar-refractivity contribution in [3.05, 3.63) is 70.8 Å². The van der Waals surface area contributed by atoms with Crippen LogP contribution in [0.2, 0.25) is 0 Å². The van der Waals surface area contributed by atoms with Crippen molar-refractivity contribution in [1.29, 1.82) is 0 Å². The third-order valence-corrected chi connectivity index (χ3v) is 5.88. The minimum Gasteiger partial charge on any atom is -0.327 e. The summed E-state index contributed by atoms with van der Waals surface area (Å²) in [5.74, 6) is 0.496. The van der Waals surface area contributed by atoms with Crippen molar-refractivity contribution < 1.29 is 8.42 Å². The minimum absolute atomic E-state index is 0. The predicted molar refractivity (Wildman–Crippen MR) is 106 cm³/mol. The van der Waals surface area contributed by atoms with Crippen molar-refractivity contribution >= 4 is 22.2 Å². The lowest BCUT2D eigenvalue weighted by atomic mass is 9.76. The molecule has 1 aliphatic rings. The second kappa shape index (κ2) is 8.35. The average molecular weight is 380 g/mol. The molecule has 3 nitrogen and oxygen atoms in total. The first-order valence-electron chi connectivity index (χ1n) is 8.51. The monoisotopic (exact) mass is 379 g/mol. The Kier molecular flexibility index (Phi) is 6.66. The molecular weight excluding hydrogens is 354 g/mol. The molecular formula is C20H26ClNO2S. The van der Waals surface area contributed by atoms with Crippen LogP contribution in [0, 0.1) is 0 Å². The number of nitrogens with two attached hydrogens (primary N) is 1. The number of aryl methyl sites for hydroxylation is 2. The van der Waals surface area contributed by atoms with Gasteiger partial charge in [-0.15, -0.1) is 12.4 Å². The molecule has 25 heavy (non-hydrogen) atoms. The van der Waals surface area contributed by atoms with E-state index < -0.39 is 9.84 Å². The van der Waals surface area contributed by atoms with Crippen LogP contribution in [0.5, 0.6) is 0 Å². The summed E-state index contributed by atoms with van der Waals surface area (Å²) in [7, 11) is -2.94. The lowest BCUT2D eigenvalue weighted by Gasteiger charge is -2.32. The Morgan fingerprint density at radius 3 is 2.48 bits per heavy atom. The van der Waals surface area contributed by atoms with E-state index in [-0.39, 0.29) is 24.2 Å². The highest BCUT2D eigenvalue weighted by Crippen LogP contribution is 2.34. The molecule has 1 aliphatic carbocycles. The molecule has 0 bridgehead atoms. The fourth-order valence-electron chi connectivity index (χ4n) is 3.56. The summed E-state index contributed by atoms with van der Waals surface area (Å²) in [5.41, 5.74) is 11.5. The van der Waals surface area contributed by atoms with E-state index in [4.69, 9.17) is 5.73 Å². The van der Waals surface area contributed by atoms with E-state index in [9.17, 15) is 8.42 Å². The molecule has 3 rings (SSSR count). The SMILES string of the molecule is CS(=O)(=O)CCc1ccc2c(c1)C(Cc1ccccc1)C(N)CC2.Cl. The second-order valence-corrected chi connectivity index (χ2v) is 9.17. The molecule has 2 N–H and O–H groups in total. The summed E-state index contributed by atoms with van der Waals surface area (Å²) in [4.78, 5) is 0. The lowest BCUT2D eigenvalue weighted by Crippen LogP contribution is -2.34. The van der Waals surface area contributed by atoms with Crippen molar-refractivity contribution in [3.8, 4) is 0 Å². The molecule has 0 radical (unpaired) electrons. The van der Waals surface area contributed by atoms with Crippen molar-refractivity contribution in [2.24, 2.45) is 5.73 Å². The predicted octanol–water partition coefficient (Wildman–Crippen LogP) is 3.30. The van der Waals surface area contributed by atoms with E-state index >= 15 is 0 Å². The molecule has 136 valence electrons. The summed E-state index contributed by atoms with van der Waals surface area (Å²) in [6.45, 7) is 0. The molecule has 0 heterocycles. The molecule has 2 atom stereocenters. The average Bonchev–Trinajstić information content (AvgIpc) is 2.56. The van der Waals surface area contributed by atoms with E-state index in [1.54, 1.807) is 0 Å². The normalized spacial score (nSPS) is 19.8. The number of benzene rings is 2. The molecule has 0 saturated heterocycles. The maximum absolute atomic E-state index is 11.4. The lowest BCUT2D eigenvalue weighted by molar-refractivity contribution is 0.467. The van der Waals surface area contributed by atoms with Gasteiger partial charge in [0.15, 0.2) is 0 Å². The van der Waals surface area contributed by atoms with Crippen LogP contribution in [0.1, 0.15) is 34.6 Å². The zero-order valence-electron chi connectivity index (χ0n) is 14.5. The molecule has 0 aliphatic heterocycles. The van der Waals surface area contributed by atoms with Crippen LogP contribution in [-0.2, 0) is 29.1 Å². The van der Waals surface area contributed by atoms with Crippen LogP contribution in [0.15, 0.2) is 48.5 Å². The summed E-state index contributed by atoms with van der Waals surface area (Å²) in [6.07, 6.45) is 4.81. The number of fused-ring (bicyclic) bond motifs is 1. The van der Waals surface area contributed by atoms with Gasteiger partial charge in [0.1, 0.15) is 9.84 Å². The van der Waals surface area contributed by atoms with Crippen molar-refractivity contribution in [3.63, 3.8) is 0 Å². The quantitative estimate of drug-likeness (QED) is 0.867. The molecule has 0 spiro atoms. The summed E-state index contributed by atoms with van der Waals surface area (Å²) in [6, 6.07) is 17.0. The Balaban J connectivity index is 0.00000225. The third kappa shape index (κ3) is 5.30. The van der Waals surface area contributed by atoms with Crippen molar-refractivity contribution in [2.75, 3.05) is 12.0 Å². The van der Waals surface area contributed by atoms with E-state index in [0.717, 1.165) is 24.8 Å². The Morgan fingerprint density at radius 1 is 1.08 bits per heavy atom. The number of sulfone groups is 1. The van der Waals surface area contributed by atoms with Crippen LogP contribution in [0.4, 0.5) is 0 Å². The van der Waals surface area contributed by atoms with Gasteiger partial charge in [-0.2, -0.15) is 0 Å². The van der Waals surface area contributed by atoms with E-state index in [1.807, 2.05) is 6.07 Å². The van der Waals surface area contributed by atoms with Gasteiger partial charge in [0.05, 0.1) is 5.75 Å². The topological polar surface area (TPSA) is 60.2 Å². The first-order chi connectivity index (χ1) is 11.4. The molecule has 0 fully saturated rings. The molecule has 2 unspecified atom stereocenters. The fraction of sp³-hybridized carbons (Fsp3) is 0.400. The van der Waals surface area contributed by atoms with Gasteiger partial charge in [-0.1, -0.05) is 48.5 Å². The number of halogens is 1. The highest BCUT2D eigenvalue weighted by Gasteiger charge is 2.27. The van der Waals surface area contributed by atoms with E-state index in [0.29, 0.717) is 12.3 Å². The summed E-state index contributed by atoms with van der Waals surface area (Å²) >= 11 is 0. The highest BCUT2D eigenvalue weighted by atomic mass is 35.5. The molecule has 0 amide bonds. The largest absolute Gasteiger partial charge is 0.327 e.